The molecular weight excluding hydrogens is 452 g/mol. The fraction of sp³-hybridized carbons (Fsp3) is 0.207. The van der Waals surface area contributed by atoms with Crippen LogP contribution >= 0.6 is 0 Å². The molecule has 0 saturated heterocycles. The van der Waals surface area contributed by atoms with Gasteiger partial charge in [0.2, 0.25) is 5.88 Å². The van der Waals surface area contributed by atoms with E-state index in [1.807, 2.05) is 42.9 Å². The monoisotopic (exact) mass is 476 g/mol. The molecular formula is C29H24N4O3. The molecule has 1 saturated carbocycles. The molecule has 5 aromatic rings. The van der Waals surface area contributed by atoms with Crippen LogP contribution in [0.5, 0.6) is 11.6 Å². The Bertz CT molecular complexity index is 1590. The summed E-state index contributed by atoms with van der Waals surface area (Å²) in [4.78, 5) is 13.0. The van der Waals surface area contributed by atoms with Gasteiger partial charge in [-0.25, -0.2) is 9.97 Å². The van der Waals surface area contributed by atoms with Gasteiger partial charge in [0.1, 0.15) is 30.3 Å². The van der Waals surface area contributed by atoms with Crippen LogP contribution in [0.15, 0.2) is 73.3 Å². The van der Waals surface area contributed by atoms with Crippen molar-refractivity contribution >= 4 is 21.8 Å². The number of hydrogen-bond donors (Lipinski definition) is 1. The van der Waals surface area contributed by atoms with Crippen LogP contribution in [0.25, 0.3) is 32.9 Å². The Labute approximate surface area is 208 Å². The zero-order valence-electron chi connectivity index (χ0n) is 19.8. The maximum absolute atomic E-state index is 8.76. The lowest BCUT2D eigenvalue weighted by molar-refractivity contribution is 0.00209. The normalized spacial score (nSPS) is 16.8. The minimum Gasteiger partial charge on any atom is -0.489 e. The van der Waals surface area contributed by atoms with Gasteiger partial charge in [0.25, 0.3) is 0 Å². The molecule has 4 aromatic heterocycles. The number of pyridine rings is 3. The summed E-state index contributed by atoms with van der Waals surface area (Å²) in [6, 6.07) is 16.1. The fourth-order valence-electron chi connectivity index (χ4n) is 4.58. The molecule has 1 aliphatic carbocycles. The lowest BCUT2D eigenvalue weighted by Crippen LogP contribution is -2.41. The van der Waals surface area contributed by atoms with Crippen molar-refractivity contribution in [1.82, 2.24) is 19.5 Å². The van der Waals surface area contributed by atoms with Crippen LogP contribution in [-0.2, 0) is 7.05 Å². The molecule has 0 spiro atoms. The van der Waals surface area contributed by atoms with E-state index < -0.39 is 0 Å². The molecule has 0 aliphatic heterocycles. The number of benzene rings is 1. The number of aryl methyl sites for hydroxylation is 1. The van der Waals surface area contributed by atoms with Gasteiger partial charge in [0.05, 0.1) is 11.7 Å². The van der Waals surface area contributed by atoms with Gasteiger partial charge in [-0.15, -0.1) is 0 Å². The van der Waals surface area contributed by atoms with E-state index in [9.17, 15) is 0 Å². The molecule has 0 amide bonds. The van der Waals surface area contributed by atoms with E-state index in [1.165, 1.54) is 16.4 Å². The summed E-state index contributed by atoms with van der Waals surface area (Å²) in [6.45, 7) is -0.181. The molecule has 4 heterocycles. The first-order valence-electron chi connectivity index (χ1n) is 11.9. The Morgan fingerprint density at radius 2 is 1.75 bits per heavy atom. The molecule has 0 atom stereocenters. The third kappa shape index (κ3) is 4.23. The summed E-state index contributed by atoms with van der Waals surface area (Å²) in [7, 11) is 2.08. The maximum Gasteiger partial charge on any atom is 0.213 e. The summed E-state index contributed by atoms with van der Waals surface area (Å²) in [5, 5.41) is 11.1. The summed E-state index contributed by atoms with van der Waals surface area (Å²) < 4.78 is 14.2. The molecule has 0 unspecified atom stereocenters. The van der Waals surface area contributed by atoms with E-state index in [0.29, 0.717) is 17.3 Å². The Kier molecular flexibility index (Phi) is 5.72. The fourth-order valence-corrected chi connectivity index (χ4v) is 4.58. The smallest absolute Gasteiger partial charge is 0.213 e. The highest BCUT2D eigenvalue weighted by molar-refractivity contribution is 6.08. The van der Waals surface area contributed by atoms with Gasteiger partial charge in [-0.2, -0.15) is 0 Å². The second-order valence-corrected chi connectivity index (χ2v) is 8.86. The Hall–Kier alpha value is -4.41. The predicted molar refractivity (Wildman–Crippen MR) is 138 cm³/mol. The third-order valence-electron chi connectivity index (χ3n) is 6.55. The van der Waals surface area contributed by atoms with Crippen molar-refractivity contribution < 1.29 is 14.6 Å². The summed E-state index contributed by atoms with van der Waals surface area (Å²) in [6.07, 6.45) is 9.02. The van der Waals surface area contributed by atoms with Crippen molar-refractivity contribution in [1.29, 1.82) is 0 Å². The standard InChI is InChI=1S/C29H24N4O3/c1-33-27-10-11-30-18-26(27)25-8-4-19(13-28(25)33)20-5-9-29(32-16-20)36-24-14-23(15-24)35-22-7-6-21(31-17-22)3-2-12-34/h4-11,13,16-18,23-24,34H,12,14-15H2,1H3. The Morgan fingerprint density at radius 1 is 0.889 bits per heavy atom. The molecule has 0 radical (unpaired) electrons. The van der Waals surface area contributed by atoms with Crippen molar-refractivity contribution in [2.24, 2.45) is 7.05 Å². The number of fused-ring (bicyclic) bond motifs is 3. The van der Waals surface area contributed by atoms with Crippen molar-refractivity contribution in [3.8, 4) is 34.6 Å². The van der Waals surface area contributed by atoms with Gasteiger partial charge in [-0.1, -0.05) is 18.1 Å². The minimum atomic E-state index is -0.181. The molecule has 7 nitrogen and oxygen atoms in total. The second-order valence-electron chi connectivity index (χ2n) is 8.86. The molecule has 0 bridgehead atoms. The van der Waals surface area contributed by atoms with E-state index in [4.69, 9.17) is 14.6 Å². The topological polar surface area (TPSA) is 82.3 Å². The van der Waals surface area contributed by atoms with Crippen LogP contribution in [0.1, 0.15) is 18.5 Å². The predicted octanol–water partition coefficient (Wildman–Crippen LogP) is 4.52. The van der Waals surface area contributed by atoms with Crippen LogP contribution in [0.3, 0.4) is 0 Å². The van der Waals surface area contributed by atoms with Crippen molar-refractivity contribution in [2.45, 2.75) is 25.0 Å². The highest BCUT2D eigenvalue weighted by Gasteiger charge is 2.33. The van der Waals surface area contributed by atoms with Crippen LogP contribution in [0.2, 0.25) is 0 Å². The molecule has 1 fully saturated rings. The largest absolute Gasteiger partial charge is 0.489 e. The highest BCUT2D eigenvalue weighted by atomic mass is 16.5. The van der Waals surface area contributed by atoms with Crippen LogP contribution in [-0.4, -0.2) is 43.4 Å². The van der Waals surface area contributed by atoms with Crippen LogP contribution in [0.4, 0.5) is 0 Å². The molecule has 6 rings (SSSR count). The zero-order chi connectivity index (χ0) is 24.5. The van der Waals surface area contributed by atoms with Crippen LogP contribution in [0, 0.1) is 11.8 Å². The second kappa shape index (κ2) is 9.33. The highest BCUT2D eigenvalue weighted by Crippen LogP contribution is 2.32. The van der Waals surface area contributed by atoms with E-state index in [1.54, 1.807) is 12.3 Å². The number of aliphatic hydroxyl groups excluding tert-OH is 1. The Balaban J connectivity index is 1.07. The first-order valence-corrected chi connectivity index (χ1v) is 11.9. The first-order chi connectivity index (χ1) is 17.7. The lowest BCUT2D eigenvalue weighted by atomic mass is 9.92. The minimum absolute atomic E-state index is 0.0803. The zero-order valence-corrected chi connectivity index (χ0v) is 19.8. The SMILES string of the molecule is Cn1c2ccncc2c2ccc(-c3ccc(OC4CC(Oc5ccc(C#CCO)nc5)C4)nc3)cc21. The lowest BCUT2D eigenvalue weighted by Gasteiger charge is -2.34. The average molecular weight is 477 g/mol. The number of hydrogen-bond acceptors (Lipinski definition) is 6. The average Bonchev–Trinajstić information content (AvgIpc) is 3.19. The number of aromatic nitrogens is 4. The van der Waals surface area contributed by atoms with E-state index in [0.717, 1.165) is 29.4 Å². The first kappa shape index (κ1) is 22.1. The van der Waals surface area contributed by atoms with E-state index >= 15 is 0 Å². The van der Waals surface area contributed by atoms with Crippen molar-refractivity contribution in [3.63, 3.8) is 0 Å². The van der Waals surface area contributed by atoms with Gasteiger partial charge < -0.3 is 19.1 Å². The van der Waals surface area contributed by atoms with Crippen molar-refractivity contribution in [3.05, 3.63) is 79.0 Å². The molecule has 36 heavy (non-hydrogen) atoms. The molecule has 1 aliphatic rings. The quantitative estimate of drug-likeness (QED) is 0.376. The summed E-state index contributed by atoms with van der Waals surface area (Å²) in [5.74, 6) is 6.67. The van der Waals surface area contributed by atoms with Crippen LogP contribution < -0.4 is 9.47 Å². The number of nitrogens with zero attached hydrogens (tertiary/aromatic N) is 4. The van der Waals surface area contributed by atoms with E-state index in [2.05, 4.69) is 56.6 Å². The van der Waals surface area contributed by atoms with Gasteiger partial charge >= 0.3 is 0 Å². The van der Waals surface area contributed by atoms with Gasteiger partial charge in [-0.05, 0) is 41.8 Å². The molecule has 1 aromatic carbocycles. The molecule has 7 heteroatoms. The molecule has 1 N–H and O–H groups in total. The van der Waals surface area contributed by atoms with Gasteiger partial charge in [0.15, 0.2) is 0 Å². The van der Waals surface area contributed by atoms with Gasteiger partial charge in [-0.3, -0.25) is 4.98 Å². The summed E-state index contributed by atoms with van der Waals surface area (Å²) in [5.41, 5.74) is 5.10. The Morgan fingerprint density at radius 3 is 2.53 bits per heavy atom. The van der Waals surface area contributed by atoms with Gasteiger partial charge in [0, 0.05) is 66.4 Å². The number of rotatable bonds is 5. The van der Waals surface area contributed by atoms with E-state index in [-0.39, 0.29) is 18.8 Å². The molecule has 178 valence electrons. The number of aliphatic hydroxyl groups is 1. The van der Waals surface area contributed by atoms with Crippen molar-refractivity contribution in [2.75, 3.05) is 6.61 Å². The number of ether oxygens (including phenoxy) is 2. The third-order valence-corrected chi connectivity index (χ3v) is 6.55. The maximum atomic E-state index is 8.76. The summed E-state index contributed by atoms with van der Waals surface area (Å²) >= 11 is 0.